The summed E-state index contributed by atoms with van der Waals surface area (Å²) in [5, 5.41) is 18.6. The molecule has 0 radical (unpaired) electrons. The highest BCUT2D eigenvalue weighted by Gasteiger charge is 2.42. The first-order valence-electron chi connectivity index (χ1n) is 10.2. The monoisotopic (exact) mass is 448 g/mol. The average Bonchev–Trinajstić information content (AvgIpc) is 3.33. The fourth-order valence-electron chi connectivity index (χ4n) is 4.43. The van der Waals surface area contributed by atoms with Crippen LogP contribution in [0.15, 0.2) is 30.5 Å². The standard InChI is InChI=1S/C21H26N2O4S.CH2O2/c1-13-22-9-18(28-13)12-23-10-15-7-19(24)20(8-16(15)11-23)27-17-5-3-4-14(6-17)21(25)26-2;2-1-3/h3-6,9,15-16,19-20,24H,7-8,10-12H2,1-2H3;1H,(H,2,3)/t15-,16+,19+,20+;/m0./s1. The molecule has 0 bridgehead atoms. The molecule has 168 valence electrons. The van der Waals surface area contributed by atoms with Crippen molar-refractivity contribution in [1.82, 2.24) is 9.88 Å². The Balaban J connectivity index is 0.000000858. The molecular formula is C22H28N2O6S. The molecule has 9 heteroatoms. The van der Waals surface area contributed by atoms with E-state index in [0.29, 0.717) is 23.1 Å². The molecule has 4 rings (SSSR count). The Morgan fingerprint density at radius 2 is 2.03 bits per heavy atom. The number of esters is 1. The highest BCUT2D eigenvalue weighted by Crippen LogP contribution is 2.38. The molecule has 1 aromatic carbocycles. The lowest BCUT2D eigenvalue weighted by atomic mass is 9.78. The third-order valence-electron chi connectivity index (χ3n) is 5.75. The molecule has 1 aromatic heterocycles. The van der Waals surface area contributed by atoms with Gasteiger partial charge >= 0.3 is 5.97 Å². The summed E-state index contributed by atoms with van der Waals surface area (Å²) in [4.78, 5) is 28.2. The maximum Gasteiger partial charge on any atom is 0.337 e. The molecule has 0 unspecified atom stereocenters. The van der Waals surface area contributed by atoms with E-state index < -0.39 is 6.10 Å². The summed E-state index contributed by atoms with van der Waals surface area (Å²) in [6.07, 6.45) is 2.81. The van der Waals surface area contributed by atoms with E-state index in [2.05, 4.69) is 9.88 Å². The number of aliphatic hydroxyl groups is 1. The van der Waals surface area contributed by atoms with Crippen LogP contribution in [0.25, 0.3) is 0 Å². The van der Waals surface area contributed by atoms with Crippen LogP contribution in [0.5, 0.6) is 5.75 Å². The van der Waals surface area contributed by atoms with Crippen LogP contribution in [0.1, 0.15) is 33.1 Å². The zero-order valence-electron chi connectivity index (χ0n) is 17.6. The lowest BCUT2D eigenvalue weighted by molar-refractivity contribution is -0.122. The zero-order chi connectivity index (χ0) is 22.4. The van der Waals surface area contributed by atoms with Crippen molar-refractivity contribution >= 4 is 23.8 Å². The average molecular weight is 449 g/mol. The number of aromatic nitrogens is 1. The van der Waals surface area contributed by atoms with Gasteiger partial charge in [0, 0.05) is 30.7 Å². The Morgan fingerprint density at radius 3 is 2.68 bits per heavy atom. The Hall–Kier alpha value is -2.49. The van der Waals surface area contributed by atoms with Gasteiger partial charge in [0.1, 0.15) is 11.9 Å². The number of fused-ring (bicyclic) bond motifs is 1. The number of benzene rings is 1. The van der Waals surface area contributed by atoms with Gasteiger partial charge in [0.05, 0.1) is 23.8 Å². The van der Waals surface area contributed by atoms with Crippen molar-refractivity contribution in [3.63, 3.8) is 0 Å². The third kappa shape index (κ3) is 6.03. The largest absolute Gasteiger partial charge is 0.488 e. The number of thiazole rings is 1. The van der Waals surface area contributed by atoms with Gasteiger partial charge in [0.25, 0.3) is 6.47 Å². The van der Waals surface area contributed by atoms with Gasteiger partial charge in [-0.3, -0.25) is 9.69 Å². The minimum absolute atomic E-state index is 0.250. The molecule has 0 amide bonds. The van der Waals surface area contributed by atoms with Gasteiger partial charge < -0.3 is 19.7 Å². The highest BCUT2D eigenvalue weighted by atomic mass is 32.1. The Kier molecular flexibility index (Phi) is 8.00. The van der Waals surface area contributed by atoms with Crippen molar-refractivity contribution in [2.24, 2.45) is 11.8 Å². The van der Waals surface area contributed by atoms with E-state index in [1.165, 1.54) is 12.0 Å². The number of carbonyl (C=O) groups excluding carboxylic acids is 1. The quantitative estimate of drug-likeness (QED) is 0.531. The van der Waals surface area contributed by atoms with Crippen molar-refractivity contribution in [2.75, 3.05) is 20.2 Å². The number of nitrogens with zero attached hydrogens (tertiary/aromatic N) is 2. The van der Waals surface area contributed by atoms with E-state index in [0.717, 1.165) is 37.5 Å². The fraction of sp³-hybridized carbons (Fsp3) is 0.500. The number of hydrogen-bond acceptors (Lipinski definition) is 8. The van der Waals surface area contributed by atoms with E-state index in [4.69, 9.17) is 19.4 Å². The van der Waals surface area contributed by atoms with E-state index in [-0.39, 0.29) is 18.5 Å². The van der Waals surface area contributed by atoms with Crippen LogP contribution in [-0.4, -0.2) is 64.9 Å². The van der Waals surface area contributed by atoms with Crippen LogP contribution >= 0.6 is 11.3 Å². The molecule has 2 heterocycles. The van der Waals surface area contributed by atoms with Crippen molar-refractivity contribution in [2.45, 2.75) is 38.5 Å². The number of rotatable bonds is 5. The molecule has 4 atom stereocenters. The van der Waals surface area contributed by atoms with E-state index in [1.54, 1.807) is 29.5 Å². The minimum atomic E-state index is -0.492. The maximum absolute atomic E-state index is 11.7. The van der Waals surface area contributed by atoms with Gasteiger partial charge in [-0.15, -0.1) is 11.3 Å². The Bertz CT molecular complexity index is 888. The van der Waals surface area contributed by atoms with Gasteiger partial charge in [0.2, 0.25) is 0 Å². The first kappa shape index (κ1) is 23.2. The van der Waals surface area contributed by atoms with Crippen LogP contribution in [0.3, 0.4) is 0 Å². The van der Waals surface area contributed by atoms with Gasteiger partial charge in [-0.05, 0) is 49.8 Å². The summed E-state index contributed by atoms with van der Waals surface area (Å²) in [7, 11) is 1.36. The number of carbonyl (C=O) groups is 2. The van der Waals surface area contributed by atoms with Crippen LogP contribution < -0.4 is 4.74 Å². The number of carboxylic acid groups (broad SMARTS) is 1. The number of aryl methyl sites for hydroxylation is 1. The third-order valence-corrected chi connectivity index (χ3v) is 6.65. The highest BCUT2D eigenvalue weighted by molar-refractivity contribution is 7.11. The molecule has 2 aromatic rings. The number of aliphatic hydroxyl groups excluding tert-OH is 1. The van der Waals surface area contributed by atoms with E-state index >= 15 is 0 Å². The second-order valence-electron chi connectivity index (χ2n) is 7.88. The molecule has 2 aliphatic rings. The number of hydrogen-bond donors (Lipinski definition) is 2. The summed E-state index contributed by atoms with van der Waals surface area (Å²) >= 11 is 1.75. The second-order valence-corrected chi connectivity index (χ2v) is 9.20. The van der Waals surface area contributed by atoms with Crippen LogP contribution in [0, 0.1) is 18.8 Å². The van der Waals surface area contributed by atoms with Gasteiger partial charge in [-0.1, -0.05) is 6.07 Å². The summed E-state index contributed by atoms with van der Waals surface area (Å²) in [5.41, 5.74) is 0.454. The maximum atomic E-state index is 11.7. The number of likely N-dealkylation sites (tertiary alicyclic amines) is 1. The molecule has 0 spiro atoms. The Labute approximate surface area is 185 Å². The summed E-state index contributed by atoms with van der Waals surface area (Å²) in [5.74, 6) is 1.23. The topological polar surface area (TPSA) is 109 Å². The molecule has 1 saturated heterocycles. The van der Waals surface area contributed by atoms with Crippen LogP contribution in [0.4, 0.5) is 0 Å². The molecule has 1 aliphatic carbocycles. The number of methoxy groups -OCH3 is 1. The number of ether oxygens (including phenoxy) is 2. The summed E-state index contributed by atoms with van der Waals surface area (Å²) in [6, 6.07) is 6.96. The van der Waals surface area contributed by atoms with E-state index in [9.17, 15) is 9.90 Å². The SMILES string of the molecule is COC(=O)c1cccc(O[C@@H]2C[C@@H]3CN(Cc4cnc(C)s4)C[C@@H]3C[C@H]2O)c1.O=CO. The van der Waals surface area contributed by atoms with Gasteiger partial charge in [0.15, 0.2) is 0 Å². The lowest BCUT2D eigenvalue weighted by Crippen LogP contribution is -2.42. The lowest BCUT2D eigenvalue weighted by Gasteiger charge is -2.35. The fourth-order valence-corrected chi connectivity index (χ4v) is 5.27. The van der Waals surface area contributed by atoms with Gasteiger partial charge in [-0.2, -0.15) is 0 Å². The van der Waals surface area contributed by atoms with Crippen molar-refractivity contribution in [3.8, 4) is 5.75 Å². The zero-order valence-corrected chi connectivity index (χ0v) is 18.5. The first-order valence-corrected chi connectivity index (χ1v) is 11.0. The van der Waals surface area contributed by atoms with Crippen LogP contribution in [0.2, 0.25) is 0 Å². The van der Waals surface area contributed by atoms with Crippen LogP contribution in [-0.2, 0) is 16.1 Å². The predicted molar refractivity (Wildman–Crippen MR) is 115 cm³/mol. The molecule has 2 N–H and O–H groups in total. The Morgan fingerprint density at radius 1 is 1.32 bits per heavy atom. The summed E-state index contributed by atoms with van der Waals surface area (Å²) in [6.45, 7) is 4.76. The predicted octanol–water partition coefficient (Wildman–Crippen LogP) is 2.59. The molecule has 1 aliphatic heterocycles. The second kappa shape index (κ2) is 10.7. The van der Waals surface area contributed by atoms with Crippen molar-refractivity contribution in [1.29, 1.82) is 0 Å². The van der Waals surface area contributed by atoms with Crippen molar-refractivity contribution < 1.29 is 29.3 Å². The molecule has 2 fully saturated rings. The minimum Gasteiger partial charge on any atom is -0.488 e. The molecule has 8 nitrogen and oxygen atoms in total. The van der Waals surface area contributed by atoms with Gasteiger partial charge in [-0.25, -0.2) is 9.78 Å². The molecular weight excluding hydrogens is 420 g/mol. The van der Waals surface area contributed by atoms with E-state index in [1.807, 2.05) is 19.2 Å². The van der Waals surface area contributed by atoms with Crippen molar-refractivity contribution in [3.05, 3.63) is 45.9 Å². The molecule has 31 heavy (non-hydrogen) atoms. The smallest absolute Gasteiger partial charge is 0.337 e. The summed E-state index contributed by atoms with van der Waals surface area (Å²) < 4.78 is 10.9. The molecule has 1 saturated carbocycles. The first-order chi connectivity index (χ1) is 14.9. The normalized spacial score (nSPS) is 25.1.